The number of nitrogens with zero attached hydrogens (tertiary/aromatic N) is 1. The van der Waals surface area contributed by atoms with Gasteiger partial charge in [-0.3, -0.25) is 0 Å². The van der Waals surface area contributed by atoms with Crippen LogP contribution >= 0.6 is 0 Å². The summed E-state index contributed by atoms with van der Waals surface area (Å²) in [4.78, 5) is 2.58. The van der Waals surface area contributed by atoms with Crippen molar-refractivity contribution < 1.29 is 0 Å². The van der Waals surface area contributed by atoms with Gasteiger partial charge in [-0.15, -0.1) is 0 Å². The Labute approximate surface area is 87.5 Å². The summed E-state index contributed by atoms with van der Waals surface area (Å²) in [6.07, 6.45) is 14.1. The Morgan fingerprint density at radius 1 is 1.07 bits per heavy atom. The third-order valence-corrected chi connectivity index (χ3v) is 3.17. The molecule has 0 aliphatic heterocycles. The van der Waals surface area contributed by atoms with Crippen LogP contribution in [0.5, 0.6) is 0 Å². The molecule has 2 aliphatic carbocycles. The fourth-order valence-corrected chi connectivity index (χ4v) is 2.49. The molecule has 1 heteroatoms. The van der Waals surface area contributed by atoms with Gasteiger partial charge in [-0.05, 0) is 44.9 Å². The molecule has 0 aromatic carbocycles. The van der Waals surface area contributed by atoms with Crippen molar-refractivity contribution in [3.8, 4) is 0 Å². The van der Waals surface area contributed by atoms with Crippen LogP contribution in [0.25, 0.3) is 0 Å². The van der Waals surface area contributed by atoms with Gasteiger partial charge in [0.1, 0.15) is 0 Å². The van der Waals surface area contributed by atoms with Crippen LogP contribution < -0.4 is 0 Å². The first kappa shape index (κ1) is 9.82. The lowest BCUT2D eigenvalue weighted by Crippen LogP contribution is -2.21. The average Bonchev–Trinajstić information content (AvgIpc) is 2.87. The van der Waals surface area contributed by atoms with Gasteiger partial charge in [0.05, 0.1) is 0 Å². The SMILES string of the molecule is CCCN(C1=CCCC1)C1=CCCC1. The zero-order valence-electron chi connectivity index (χ0n) is 9.26. The lowest BCUT2D eigenvalue weighted by Gasteiger charge is -2.27. The van der Waals surface area contributed by atoms with Crippen molar-refractivity contribution >= 4 is 0 Å². The van der Waals surface area contributed by atoms with E-state index >= 15 is 0 Å². The highest BCUT2D eigenvalue weighted by atomic mass is 15.1. The first-order valence-electron chi connectivity index (χ1n) is 6.07. The largest absolute Gasteiger partial charge is 0.349 e. The minimum Gasteiger partial charge on any atom is -0.349 e. The van der Waals surface area contributed by atoms with Crippen LogP contribution in [0.3, 0.4) is 0 Å². The first-order chi connectivity index (χ1) is 6.92. The highest BCUT2D eigenvalue weighted by Crippen LogP contribution is 2.30. The Morgan fingerprint density at radius 2 is 1.64 bits per heavy atom. The zero-order valence-corrected chi connectivity index (χ0v) is 9.26. The van der Waals surface area contributed by atoms with E-state index in [0.717, 1.165) is 0 Å². The smallest absolute Gasteiger partial charge is 0.0222 e. The molecule has 0 aromatic heterocycles. The highest BCUT2D eigenvalue weighted by molar-refractivity contribution is 5.18. The maximum absolute atomic E-state index is 2.58. The number of hydrogen-bond acceptors (Lipinski definition) is 1. The molecule has 0 unspecified atom stereocenters. The molecule has 0 aromatic rings. The molecule has 0 N–H and O–H groups in total. The fourth-order valence-electron chi connectivity index (χ4n) is 2.49. The Bertz CT molecular complexity index is 226. The molecule has 78 valence electrons. The monoisotopic (exact) mass is 191 g/mol. The quantitative estimate of drug-likeness (QED) is 0.652. The summed E-state index contributed by atoms with van der Waals surface area (Å²) >= 11 is 0. The van der Waals surface area contributed by atoms with Crippen molar-refractivity contribution in [3.05, 3.63) is 23.5 Å². The molecule has 0 saturated heterocycles. The van der Waals surface area contributed by atoms with Crippen LogP contribution in [0.15, 0.2) is 23.5 Å². The van der Waals surface area contributed by atoms with Gasteiger partial charge in [-0.25, -0.2) is 0 Å². The molecule has 0 atom stereocenters. The molecule has 0 fully saturated rings. The van der Waals surface area contributed by atoms with Crippen molar-refractivity contribution in [1.82, 2.24) is 4.90 Å². The summed E-state index contributed by atoms with van der Waals surface area (Å²) in [5.41, 5.74) is 3.19. The van der Waals surface area contributed by atoms with E-state index in [1.54, 1.807) is 11.4 Å². The van der Waals surface area contributed by atoms with Gasteiger partial charge in [0, 0.05) is 17.9 Å². The van der Waals surface area contributed by atoms with Gasteiger partial charge >= 0.3 is 0 Å². The summed E-state index contributed by atoms with van der Waals surface area (Å²) in [7, 11) is 0. The second kappa shape index (κ2) is 4.68. The second-order valence-corrected chi connectivity index (χ2v) is 4.33. The predicted octanol–water partition coefficient (Wildman–Crippen LogP) is 3.83. The minimum atomic E-state index is 1.22. The van der Waals surface area contributed by atoms with E-state index in [4.69, 9.17) is 0 Å². The normalized spacial score (nSPS) is 20.9. The van der Waals surface area contributed by atoms with Gasteiger partial charge < -0.3 is 4.90 Å². The highest BCUT2D eigenvalue weighted by Gasteiger charge is 2.17. The van der Waals surface area contributed by atoms with E-state index in [0.29, 0.717) is 0 Å². The molecule has 0 heterocycles. The van der Waals surface area contributed by atoms with Crippen molar-refractivity contribution in [1.29, 1.82) is 0 Å². The summed E-state index contributed by atoms with van der Waals surface area (Å²) in [6.45, 7) is 3.50. The second-order valence-electron chi connectivity index (χ2n) is 4.33. The van der Waals surface area contributed by atoms with Crippen molar-refractivity contribution in [2.75, 3.05) is 6.54 Å². The molecular weight excluding hydrogens is 170 g/mol. The molecule has 0 spiro atoms. The average molecular weight is 191 g/mol. The van der Waals surface area contributed by atoms with Crippen LogP contribution in [0.2, 0.25) is 0 Å². The molecule has 0 bridgehead atoms. The van der Waals surface area contributed by atoms with E-state index < -0.39 is 0 Å². The Balaban J connectivity index is 2.06. The van der Waals surface area contributed by atoms with E-state index in [2.05, 4.69) is 24.0 Å². The maximum Gasteiger partial charge on any atom is 0.0222 e. The van der Waals surface area contributed by atoms with Crippen LogP contribution in [-0.2, 0) is 0 Å². The summed E-state index contributed by atoms with van der Waals surface area (Å²) < 4.78 is 0. The molecule has 0 saturated carbocycles. The van der Waals surface area contributed by atoms with Crippen LogP contribution in [0, 0.1) is 0 Å². The minimum absolute atomic E-state index is 1.22. The lowest BCUT2D eigenvalue weighted by molar-refractivity contribution is 0.404. The van der Waals surface area contributed by atoms with Gasteiger partial charge in [-0.2, -0.15) is 0 Å². The topological polar surface area (TPSA) is 3.24 Å². The number of allylic oxidation sites excluding steroid dienone is 4. The van der Waals surface area contributed by atoms with Crippen molar-refractivity contribution in [2.45, 2.75) is 51.9 Å². The number of rotatable bonds is 4. The molecule has 2 rings (SSSR count). The number of hydrogen-bond donors (Lipinski definition) is 0. The van der Waals surface area contributed by atoms with E-state index in [1.807, 2.05) is 0 Å². The summed E-state index contributed by atoms with van der Waals surface area (Å²) in [6, 6.07) is 0. The van der Waals surface area contributed by atoms with Crippen LogP contribution in [-0.4, -0.2) is 11.4 Å². The van der Waals surface area contributed by atoms with E-state index in [9.17, 15) is 0 Å². The zero-order chi connectivity index (χ0) is 9.80. The standard InChI is InChI=1S/C13H21N/c1-2-11-14(12-7-3-4-8-12)13-9-5-6-10-13/h7,9H,2-6,8,10-11H2,1H3. The fraction of sp³-hybridized carbons (Fsp3) is 0.692. The lowest BCUT2D eigenvalue weighted by atomic mass is 10.2. The van der Waals surface area contributed by atoms with E-state index in [1.165, 1.54) is 51.5 Å². The molecule has 14 heavy (non-hydrogen) atoms. The van der Waals surface area contributed by atoms with Gasteiger partial charge in [0.15, 0.2) is 0 Å². The molecule has 0 radical (unpaired) electrons. The third-order valence-electron chi connectivity index (χ3n) is 3.17. The predicted molar refractivity (Wildman–Crippen MR) is 60.9 cm³/mol. The molecule has 0 amide bonds. The third kappa shape index (κ3) is 2.02. The molecular formula is C13H21N. The van der Waals surface area contributed by atoms with Gasteiger partial charge in [0.2, 0.25) is 0 Å². The maximum atomic E-state index is 2.58. The Morgan fingerprint density at radius 3 is 2.00 bits per heavy atom. The van der Waals surface area contributed by atoms with Crippen molar-refractivity contribution in [3.63, 3.8) is 0 Å². The van der Waals surface area contributed by atoms with Crippen molar-refractivity contribution in [2.24, 2.45) is 0 Å². The van der Waals surface area contributed by atoms with E-state index in [-0.39, 0.29) is 0 Å². The van der Waals surface area contributed by atoms with Gasteiger partial charge in [-0.1, -0.05) is 19.1 Å². The van der Waals surface area contributed by atoms with Crippen LogP contribution in [0.1, 0.15) is 51.9 Å². The molecule has 1 nitrogen and oxygen atoms in total. The Hall–Kier alpha value is -0.720. The van der Waals surface area contributed by atoms with Gasteiger partial charge in [0.25, 0.3) is 0 Å². The molecule has 2 aliphatic rings. The van der Waals surface area contributed by atoms with Crippen LogP contribution in [0.4, 0.5) is 0 Å². The summed E-state index contributed by atoms with van der Waals surface area (Å²) in [5.74, 6) is 0. The first-order valence-corrected chi connectivity index (χ1v) is 6.07. The summed E-state index contributed by atoms with van der Waals surface area (Å²) in [5, 5.41) is 0. The Kier molecular flexibility index (Phi) is 3.28.